The summed E-state index contributed by atoms with van der Waals surface area (Å²) in [6, 6.07) is 0. The van der Waals surface area contributed by atoms with E-state index in [0.717, 1.165) is 29.7 Å². The highest BCUT2D eigenvalue weighted by Gasteiger charge is 2.09. The molecule has 0 aliphatic rings. The van der Waals surface area contributed by atoms with Crippen molar-refractivity contribution in [3.8, 4) is 0 Å². The molecule has 0 atom stereocenters. The molecule has 15 heavy (non-hydrogen) atoms. The Bertz CT molecular complexity index is 332. The fourth-order valence-electron chi connectivity index (χ4n) is 1.16. The lowest BCUT2D eigenvalue weighted by Gasteiger charge is -2.06. The molecule has 0 amide bonds. The van der Waals surface area contributed by atoms with Crippen molar-refractivity contribution < 1.29 is 0 Å². The highest BCUT2D eigenvalue weighted by molar-refractivity contribution is 7.99. The van der Waals surface area contributed by atoms with Crippen LogP contribution in [0.3, 0.4) is 0 Å². The van der Waals surface area contributed by atoms with Crippen LogP contribution in [-0.2, 0) is 13.1 Å². The van der Waals surface area contributed by atoms with Crippen LogP contribution in [-0.4, -0.2) is 20.5 Å². The Hall–Kier alpha value is -0.810. The van der Waals surface area contributed by atoms with E-state index in [1.807, 2.05) is 4.57 Å². The number of rotatable bonds is 6. The lowest BCUT2D eigenvalue weighted by Crippen LogP contribution is -2.08. The number of aromatic nitrogens is 3. The maximum absolute atomic E-state index is 5.57. The van der Waals surface area contributed by atoms with Crippen molar-refractivity contribution in [3.05, 3.63) is 18.0 Å². The second-order valence-corrected chi connectivity index (χ2v) is 4.18. The van der Waals surface area contributed by atoms with E-state index in [2.05, 4.69) is 30.6 Å². The number of nitrogens with zero attached hydrogens (tertiary/aromatic N) is 3. The minimum atomic E-state index is 0.441. The highest BCUT2D eigenvalue weighted by Crippen LogP contribution is 2.19. The minimum absolute atomic E-state index is 0.441. The second kappa shape index (κ2) is 5.92. The lowest BCUT2D eigenvalue weighted by molar-refractivity contribution is 0.643. The molecule has 84 valence electrons. The van der Waals surface area contributed by atoms with Gasteiger partial charge >= 0.3 is 0 Å². The van der Waals surface area contributed by atoms with Gasteiger partial charge in [0, 0.05) is 12.3 Å². The summed E-state index contributed by atoms with van der Waals surface area (Å²) in [6.45, 7) is 9.45. The predicted molar refractivity (Wildman–Crippen MR) is 63.7 cm³/mol. The summed E-state index contributed by atoms with van der Waals surface area (Å²) in [5.41, 5.74) is 6.79. The van der Waals surface area contributed by atoms with Crippen LogP contribution >= 0.6 is 11.8 Å². The molecule has 1 aromatic rings. The Labute approximate surface area is 95.0 Å². The molecule has 0 aliphatic carbocycles. The van der Waals surface area contributed by atoms with Crippen LogP contribution < -0.4 is 5.73 Å². The fourth-order valence-corrected chi connectivity index (χ4v) is 2.19. The summed E-state index contributed by atoms with van der Waals surface area (Å²) in [4.78, 5) is 0. The molecule has 1 rings (SSSR count). The SMILES string of the molecule is C=C(CC)CSc1nnc(CN)n1CC. The van der Waals surface area contributed by atoms with Crippen molar-refractivity contribution in [2.45, 2.75) is 38.5 Å². The standard InChI is InChI=1S/C10H18N4S/c1-4-8(3)7-15-10-13-12-9(6-11)14(10)5-2/h3-7,11H2,1-2H3. The molecule has 0 radical (unpaired) electrons. The van der Waals surface area contributed by atoms with Crippen molar-refractivity contribution in [1.29, 1.82) is 0 Å². The summed E-state index contributed by atoms with van der Waals surface area (Å²) in [7, 11) is 0. The first-order valence-corrected chi connectivity index (χ1v) is 6.13. The van der Waals surface area contributed by atoms with E-state index < -0.39 is 0 Å². The van der Waals surface area contributed by atoms with Gasteiger partial charge in [0.05, 0.1) is 6.54 Å². The molecule has 0 unspecified atom stereocenters. The molecule has 0 bridgehead atoms. The number of hydrogen-bond acceptors (Lipinski definition) is 4. The molecular formula is C10H18N4S. The normalized spacial score (nSPS) is 10.6. The molecule has 0 spiro atoms. The third kappa shape index (κ3) is 3.07. The van der Waals surface area contributed by atoms with E-state index in [9.17, 15) is 0 Å². The van der Waals surface area contributed by atoms with E-state index in [0.29, 0.717) is 6.54 Å². The Balaban J connectivity index is 2.68. The van der Waals surface area contributed by atoms with Gasteiger partial charge in [-0.05, 0) is 13.3 Å². The molecule has 0 aromatic carbocycles. The van der Waals surface area contributed by atoms with Gasteiger partial charge < -0.3 is 10.3 Å². The van der Waals surface area contributed by atoms with Gasteiger partial charge in [0.2, 0.25) is 0 Å². The van der Waals surface area contributed by atoms with Crippen molar-refractivity contribution in [1.82, 2.24) is 14.8 Å². The molecule has 1 heterocycles. The second-order valence-electron chi connectivity index (χ2n) is 3.24. The number of hydrogen-bond donors (Lipinski definition) is 1. The summed E-state index contributed by atoms with van der Waals surface area (Å²) < 4.78 is 2.05. The van der Waals surface area contributed by atoms with Crippen molar-refractivity contribution in [3.63, 3.8) is 0 Å². The van der Waals surface area contributed by atoms with Crippen LogP contribution in [0.4, 0.5) is 0 Å². The Morgan fingerprint density at radius 2 is 2.20 bits per heavy atom. The van der Waals surface area contributed by atoms with Crippen molar-refractivity contribution >= 4 is 11.8 Å². The van der Waals surface area contributed by atoms with Gasteiger partial charge in [-0.1, -0.05) is 30.8 Å². The van der Waals surface area contributed by atoms with Gasteiger partial charge in [-0.3, -0.25) is 0 Å². The quantitative estimate of drug-likeness (QED) is 0.594. The summed E-state index contributed by atoms with van der Waals surface area (Å²) in [5.74, 6) is 1.75. The van der Waals surface area contributed by atoms with Crippen LogP contribution in [0.5, 0.6) is 0 Å². The summed E-state index contributed by atoms with van der Waals surface area (Å²) in [5, 5.41) is 9.10. The topological polar surface area (TPSA) is 56.7 Å². The van der Waals surface area contributed by atoms with Crippen molar-refractivity contribution in [2.24, 2.45) is 5.73 Å². The van der Waals surface area contributed by atoms with E-state index in [1.54, 1.807) is 11.8 Å². The third-order valence-corrected chi connectivity index (χ3v) is 3.31. The number of thioether (sulfide) groups is 1. The fraction of sp³-hybridized carbons (Fsp3) is 0.600. The minimum Gasteiger partial charge on any atom is -0.324 e. The third-order valence-electron chi connectivity index (χ3n) is 2.20. The van der Waals surface area contributed by atoms with Gasteiger partial charge in [0.25, 0.3) is 0 Å². The zero-order valence-corrected chi connectivity index (χ0v) is 10.2. The Kier molecular flexibility index (Phi) is 4.84. The van der Waals surface area contributed by atoms with E-state index in [1.165, 1.54) is 5.57 Å². The average Bonchev–Trinajstić information content (AvgIpc) is 2.67. The lowest BCUT2D eigenvalue weighted by atomic mass is 10.3. The van der Waals surface area contributed by atoms with Gasteiger partial charge in [0.1, 0.15) is 5.82 Å². The highest BCUT2D eigenvalue weighted by atomic mass is 32.2. The van der Waals surface area contributed by atoms with Crippen LogP contribution in [0.15, 0.2) is 17.3 Å². The smallest absolute Gasteiger partial charge is 0.191 e. The molecular weight excluding hydrogens is 208 g/mol. The van der Waals surface area contributed by atoms with Crippen LogP contribution in [0.1, 0.15) is 26.1 Å². The molecule has 1 aromatic heterocycles. The van der Waals surface area contributed by atoms with Gasteiger partial charge in [0.15, 0.2) is 5.16 Å². The van der Waals surface area contributed by atoms with Gasteiger partial charge in [-0.25, -0.2) is 0 Å². The molecule has 0 aliphatic heterocycles. The summed E-state index contributed by atoms with van der Waals surface area (Å²) >= 11 is 1.67. The first kappa shape index (κ1) is 12.3. The predicted octanol–water partition coefficient (Wildman–Crippen LogP) is 1.81. The van der Waals surface area contributed by atoms with Crippen molar-refractivity contribution in [2.75, 3.05) is 5.75 Å². The molecule has 0 saturated heterocycles. The van der Waals surface area contributed by atoms with Gasteiger partial charge in [-0.2, -0.15) is 0 Å². The number of nitrogens with two attached hydrogens (primary N) is 1. The van der Waals surface area contributed by atoms with E-state index in [-0.39, 0.29) is 0 Å². The van der Waals surface area contributed by atoms with E-state index >= 15 is 0 Å². The first-order chi connectivity index (χ1) is 7.22. The van der Waals surface area contributed by atoms with Crippen LogP contribution in [0.25, 0.3) is 0 Å². The Morgan fingerprint density at radius 1 is 1.47 bits per heavy atom. The Morgan fingerprint density at radius 3 is 2.73 bits per heavy atom. The average molecular weight is 226 g/mol. The monoisotopic (exact) mass is 226 g/mol. The zero-order chi connectivity index (χ0) is 11.3. The first-order valence-electron chi connectivity index (χ1n) is 5.14. The largest absolute Gasteiger partial charge is 0.324 e. The molecule has 2 N–H and O–H groups in total. The molecule has 0 saturated carbocycles. The molecule has 0 fully saturated rings. The van der Waals surface area contributed by atoms with Crippen LogP contribution in [0.2, 0.25) is 0 Å². The molecule has 4 nitrogen and oxygen atoms in total. The van der Waals surface area contributed by atoms with Gasteiger partial charge in [-0.15, -0.1) is 10.2 Å². The maximum atomic E-state index is 5.57. The van der Waals surface area contributed by atoms with Crippen LogP contribution in [0, 0.1) is 0 Å². The van der Waals surface area contributed by atoms with E-state index in [4.69, 9.17) is 5.73 Å². The zero-order valence-electron chi connectivity index (χ0n) is 9.36. The molecule has 5 heteroatoms. The summed E-state index contributed by atoms with van der Waals surface area (Å²) in [6.07, 6.45) is 1.01. The maximum Gasteiger partial charge on any atom is 0.191 e.